The summed E-state index contributed by atoms with van der Waals surface area (Å²) in [5.41, 5.74) is 1.13. The van der Waals surface area contributed by atoms with Gasteiger partial charge in [-0.2, -0.15) is 5.26 Å². The molecular formula is C20H24N4O3S. The van der Waals surface area contributed by atoms with Crippen molar-refractivity contribution in [1.29, 1.82) is 5.26 Å². The Labute approximate surface area is 168 Å². The summed E-state index contributed by atoms with van der Waals surface area (Å²) in [6.07, 6.45) is 4.09. The van der Waals surface area contributed by atoms with Crippen molar-refractivity contribution < 1.29 is 14.3 Å². The number of carbonyl (C=O) groups is 2. The van der Waals surface area contributed by atoms with Crippen molar-refractivity contribution in [3.8, 4) is 6.07 Å². The predicted octanol–water partition coefficient (Wildman–Crippen LogP) is 3.03. The fourth-order valence-corrected chi connectivity index (χ4v) is 4.30. The smallest absolute Gasteiger partial charge is 0.316 e. The summed E-state index contributed by atoms with van der Waals surface area (Å²) in [5, 5.41) is 12.8. The molecule has 1 aliphatic carbocycles. The molecule has 8 heteroatoms. The summed E-state index contributed by atoms with van der Waals surface area (Å²) in [6, 6.07) is 10.0. The van der Waals surface area contributed by atoms with E-state index in [1.807, 2.05) is 24.3 Å². The lowest BCUT2D eigenvalue weighted by molar-refractivity contribution is -0.146. The first-order chi connectivity index (χ1) is 13.6. The van der Waals surface area contributed by atoms with Crippen LogP contribution in [0.4, 0.5) is 0 Å². The number of thioether (sulfide) groups is 1. The Morgan fingerprint density at radius 3 is 2.82 bits per heavy atom. The maximum Gasteiger partial charge on any atom is 0.316 e. The minimum atomic E-state index is -0.802. The molecule has 1 aromatic heterocycles. The van der Waals surface area contributed by atoms with E-state index in [0.29, 0.717) is 12.8 Å². The van der Waals surface area contributed by atoms with E-state index in [-0.39, 0.29) is 12.4 Å². The number of rotatable bonds is 8. The first kappa shape index (κ1) is 20.2. The third-order valence-corrected chi connectivity index (χ3v) is 5.75. The molecule has 1 aromatic carbocycles. The number of amides is 1. The van der Waals surface area contributed by atoms with Gasteiger partial charge in [-0.05, 0) is 44.2 Å². The molecule has 7 nitrogen and oxygen atoms in total. The predicted molar refractivity (Wildman–Crippen MR) is 107 cm³/mol. The first-order valence-corrected chi connectivity index (χ1v) is 10.5. The molecule has 1 N–H and O–H groups in total. The van der Waals surface area contributed by atoms with Crippen molar-refractivity contribution in [3.05, 3.63) is 24.3 Å². The van der Waals surface area contributed by atoms with E-state index in [4.69, 9.17) is 4.74 Å². The molecule has 0 saturated heterocycles. The van der Waals surface area contributed by atoms with Gasteiger partial charge in [0.05, 0.1) is 22.9 Å². The molecular weight excluding hydrogens is 376 g/mol. The standard InChI is InChI=1S/C20H24N4O3S/c1-2-11-24-16-8-4-3-7-15(16)22-19(24)28-13-18(26)27-12-17(25)23-20(14-21)9-5-6-10-20/h3-4,7-8H,2,5-6,9-13H2,1H3,(H,23,25). The molecule has 1 saturated carbocycles. The number of esters is 1. The van der Waals surface area contributed by atoms with E-state index in [1.165, 1.54) is 11.8 Å². The fourth-order valence-electron chi connectivity index (χ4n) is 3.46. The highest BCUT2D eigenvalue weighted by atomic mass is 32.2. The summed E-state index contributed by atoms with van der Waals surface area (Å²) in [4.78, 5) is 28.7. The zero-order valence-corrected chi connectivity index (χ0v) is 16.8. The molecule has 0 radical (unpaired) electrons. The number of carbonyl (C=O) groups excluding carboxylic acids is 2. The summed E-state index contributed by atoms with van der Waals surface area (Å²) < 4.78 is 7.18. The Hall–Kier alpha value is -2.53. The number of nitriles is 1. The molecule has 1 aliphatic rings. The average Bonchev–Trinajstić information content (AvgIpc) is 3.30. The van der Waals surface area contributed by atoms with Crippen LogP contribution >= 0.6 is 11.8 Å². The molecule has 2 aromatic rings. The van der Waals surface area contributed by atoms with Crippen LogP contribution in [0.25, 0.3) is 11.0 Å². The number of para-hydroxylation sites is 2. The molecule has 0 spiro atoms. The first-order valence-electron chi connectivity index (χ1n) is 9.53. The minimum Gasteiger partial charge on any atom is -0.455 e. The Kier molecular flexibility index (Phi) is 6.57. The molecule has 0 atom stereocenters. The van der Waals surface area contributed by atoms with Crippen LogP contribution in [0.1, 0.15) is 39.0 Å². The highest BCUT2D eigenvalue weighted by Gasteiger charge is 2.35. The number of hydrogen-bond acceptors (Lipinski definition) is 6. The molecule has 1 amide bonds. The number of nitrogens with zero attached hydrogens (tertiary/aromatic N) is 3. The highest BCUT2D eigenvalue weighted by Crippen LogP contribution is 2.29. The maximum atomic E-state index is 12.1. The van der Waals surface area contributed by atoms with Crippen LogP contribution in [-0.2, 0) is 20.9 Å². The number of ether oxygens (including phenoxy) is 1. The van der Waals surface area contributed by atoms with Crippen molar-refractivity contribution in [2.45, 2.75) is 56.3 Å². The highest BCUT2D eigenvalue weighted by molar-refractivity contribution is 7.99. The number of imidazole rings is 1. The maximum absolute atomic E-state index is 12.1. The van der Waals surface area contributed by atoms with Gasteiger partial charge >= 0.3 is 5.97 Å². The van der Waals surface area contributed by atoms with Gasteiger partial charge in [0.1, 0.15) is 5.54 Å². The second kappa shape index (κ2) is 9.11. The molecule has 0 unspecified atom stereocenters. The zero-order chi connectivity index (χ0) is 20.0. The topological polar surface area (TPSA) is 97.0 Å². The van der Waals surface area contributed by atoms with E-state index in [1.54, 1.807) is 0 Å². The molecule has 28 heavy (non-hydrogen) atoms. The van der Waals surface area contributed by atoms with Gasteiger partial charge in [0.25, 0.3) is 5.91 Å². The summed E-state index contributed by atoms with van der Waals surface area (Å²) in [7, 11) is 0. The quantitative estimate of drug-likeness (QED) is 0.540. The van der Waals surface area contributed by atoms with Crippen LogP contribution in [0.2, 0.25) is 0 Å². The molecule has 0 aliphatic heterocycles. The molecule has 3 rings (SSSR count). The number of aryl methyl sites for hydroxylation is 1. The lowest BCUT2D eigenvalue weighted by Gasteiger charge is -2.21. The Balaban J connectivity index is 1.52. The summed E-state index contributed by atoms with van der Waals surface area (Å²) >= 11 is 1.30. The molecule has 148 valence electrons. The number of fused-ring (bicyclic) bond motifs is 1. The van der Waals surface area contributed by atoms with Crippen LogP contribution in [0.5, 0.6) is 0 Å². The summed E-state index contributed by atoms with van der Waals surface area (Å²) in [5.74, 6) is -0.836. The molecule has 1 fully saturated rings. The minimum absolute atomic E-state index is 0.0731. The van der Waals surface area contributed by atoms with Gasteiger partial charge in [0, 0.05) is 6.54 Å². The van der Waals surface area contributed by atoms with E-state index in [9.17, 15) is 14.9 Å². The second-order valence-electron chi connectivity index (χ2n) is 6.93. The largest absolute Gasteiger partial charge is 0.455 e. The molecule has 1 heterocycles. The number of benzene rings is 1. The SMILES string of the molecule is CCCn1c(SCC(=O)OCC(=O)NC2(C#N)CCCC2)nc2ccccc21. The Morgan fingerprint density at radius 2 is 2.11 bits per heavy atom. The lowest BCUT2D eigenvalue weighted by Crippen LogP contribution is -2.46. The van der Waals surface area contributed by atoms with Crippen molar-refractivity contribution in [2.75, 3.05) is 12.4 Å². The summed E-state index contributed by atoms with van der Waals surface area (Å²) in [6.45, 7) is 2.54. The zero-order valence-electron chi connectivity index (χ0n) is 15.9. The van der Waals surface area contributed by atoms with E-state index in [0.717, 1.165) is 42.0 Å². The van der Waals surface area contributed by atoms with Gasteiger partial charge in [-0.25, -0.2) is 4.98 Å². The van der Waals surface area contributed by atoms with Crippen LogP contribution in [0.3, 0.4) is 0 Å². The lowest BCUT2D eigenvalue weighted by atomic mass is 10.00. The average molecular weight is 401 g/mol. The number of aromatic nitrogens is 2. The van der Waals surface area contributed by atoms with Gasteiger partial charge in [-0.1, -0.05) is 30.8 Å². The third kappa shape index (κ3) is 4.65. The number of nitrogens with one attached hydrogen (secondary N) is 1. The fraction of sp³-hybridized carbons (Fsp3) is 0.500. The van der Waals surface area contributed by atoms with Crippen LogP contribution in [-0.4, -0.2) is 39.3 Å². The van der Waals surface area contributed by atoms with Gasteiger partial charge in [-0.15, -0.1) is 0 Å². The third-order valence-electron chi connectivity index (χ3n) is 4.80. The van der Waals surface area contributed by atoms with Gasteiger partial charge < -0.3 is 14.6 Å². The van der Waals surface area contributed by atoms with Crippen molar-refractivity contribution in [2.24, 2.45) is 0 Å². The van der Waals surface area contributed by atoms with Gasteiger partial charge in [-0.3, -0.25) is 9.59 Å². The Morgan fingerprint density at radius 1 is 1.36 bits per heavy atom. The van der Waals surface area contributed by atoms with Crippen molar-refractivity contribution >= 4 is 34.7 Å². The van der Waals surface area contributed by atoms with Crippen LogP contribution in [0.15, 0.2) is 29.4 Å². The van der Waals surface area contributed by atoms with Crippen molar-refractivity contribution in [1.82, 2.24) is 14.9 Å². The van der Waals surface area contributed by atoms with Crippen LogP contribution < -0.4 is 5.32 Å². The van der Waals surface area contributed by atoms with E-state index < -0.39 is 17.4 Å². The van der Waals surface area contributed by atoms with Crippen molar-refractivity contribution in [3.63, 3.8) is 0 Å². The molecule has 0 bridgehead atoms. The van der Waals surface area contributed by atoms with Gasteiger partial charge in [0.2, 0.25) is 0 Å². The van der Waals surface area contributed by atoms with Crippen LogP contribution in [0, 0.1) is 11.3 Å². The van der Waals surface area contributed by atoms with E-state index >= 15 is 0 Å². The monoisotopic (exact) mass is 400 g/mol. The van der Waals surface area contributed by atoms with Gasteiger partial charge in [0.15, 0.2) is 11.8 Å². The number of hydrogen-bond donors (Lipinski definition) is 1. The van der Waals surface area contributed by atoms with E-state index in [2.05, 4.69) is 27.9 Å². The second-order valence-corrected chi connectivity index (χ2v) is 7.88. The normalized spacial score (nSPS) is 15.3. The Bertz CT molecular complexity index is 896.